The highest BCUT2D eigenvalue weighted by atomic mass is 32.1. The minimum atomic E-state index is -0.510. The van der Waals surface area contributed by atoms with Gasteiger partial charge in [-0.1, -0.05) is 30.8 Å². The smallest absolute Gasteiger partial charge is 0.348 e. The molecule has 0 saturated heterocycles. The molecule has 0 aromatic carbocycles. The molecule has 6 heteroatoms. The van der Waals surface area contributed by atoms with Gasteiger partial charge in [-0.3, -0.25) is 4.98 Å². The van der Waals surface area contributed by atoms with Gasteiger partial charge in [0.05, 0.1) is 10.4 Å². The molecule has 1 fully saturated rings. The van der Waals surface area contributed by atoms with Crippen LogP contribution in [0, 0.1) is 0 Å². The van der Waals surface area contributed by atoms with Crippen LogP contribution in [0.2, 0.25) is 0 Å². The van der Waals surface area contributed by atoms with Crippen molar-refractivity contribution in [2.45, 2.75) is 37.2 Å². The van der Waals surface area contributed by atoms with Gasteiger partial charge in [0.25, 0.3) is 0 Å². The summed E-state index contributed by atoms with van der Waals surface area (Å²) >= 11 is 7.07. The van der Waals surface area contributed by atoms with Gasteiger partial charge >= 0.3 is 5.97 Å². The molecular weight excluding hydrogens is 340 g/mol. The van der Waals surface area contributed by atoms with Crippen molar-refractivity contribution in [2.24, 2.45) is 0 Å². The molecule has 1 saturated carbocycles. The van der Waals surface area contributed by atoms with Crippen LogP contribution < -0.4 is 5.32 Å². The normalized spacial score (nSPS) is 23.5. The molecule has 1 aliphatic carbocycles. The van der Waals surface area contributed by atoms with E-state index in [0.29, 0.717) is 9.87 Å². The Kier molecular flexibility index (Phi) is 5.26. The molecular formula is C18H20N2O2S2. The Labute approximate surface area is 151 Å². The van der Waals surface area contributed by atoms with E-state index in [1.165, 1.54) is 11.3 Å². The third kappa shape index (κ3) is 3.08. The molecule has 4 nitrogen and oxygen atoms in total. The number of nitrogens with one attached hydrogen (secondary N) is 1. The molecule has 0 amide bonds. The number of hydrogen-bond acceptors (Lipinski definition) is 5. The Hall–Kier alpha value is -1.79. The van der Waals surface area contributed by atoms with E-state index >= 15 is 0 Å². The van der Waals surface area contributed by atoms with E-state index in [1.54, 1.807) is 12.3 Å². The fourth-order valence-electron chi connectivity index (χ4n) is 3.45. The number of thiocarbonyl (C=S) groups is 1. The maximum atomic E-state index is 12.5. The SMILES string of the molecule is CNC(=S)[C@]1(c2cccnc2)CCCC[C@H]1OC(=O)c1cccs1. The summed E-state index contributed by atoms with van der Waals surface area (Å²) in [6.07, 6.45) is 7.01. The number of carbonyl (C=O) groups excluding carboxylic acids is 1. The van der Waals surface area contributed by atoms with Crippen LogP contribution in [0.4, 0.5) is 0 Å². The van der Waals surface area contributed by atoms with Crippen LogP contribution in [0.5, 0.6) is 0 Å². The number of carbonyl (C=O) groups is 1. The average Bonchev–Trinajstić information content (AvgIpc) is 3.17. The molecule has 2 heterocycles. The lowest BCUT2D eigenvalue weighted by atomic mass is 9.67. The predicted octanol–water partition coefficient (Wildman–Crippen LogP) is 3.73. The molecule has 0 unspecified atom stereocenters. The average molecular weight is 361 g/mol. The molecule has 2 aromatic rings. The van der Waals surface area contributed by atoms with Gasteiger partial charge in [0.1, 0.15) is 11.0 Å². The first-order valence-corrected chi connectivity index (χ1v) is 9.34. The topological polar surface area (TPSA) is 51.2 Å². The summed E-state index contributed by atoms with van der Waals surface area (Å²) in [7, 11) is 1.83. The number of hydrogen-bond donors (Lipinski definition) is 1. The molecule has 3 rings (SSSR count). The van der Waals surface area contributed by atoms with Gasteiger partial charge in [0.15, 0.2) is 0 Å². The summed E-state index contributed by atoms with van der Waals surface area (Å²) in [6, 6.07) is 7.57. The molecule has 2 atom stereocenters. The van der Waals surface area contributed by atoms with Crippen LogP contribution in [-0.2, 0) is 10.2 Å². The summed E-state index contributed by atoms with van der Waals surface area (Å²) in [6.45, 7) is 0. The fourth-order valence-corrected chi connectivity index (χ4v) is 4.41. The molecule has 0 radical (unpaired) electrons. The number of pyridine rings is 1. The largest absolute Gasteiger partial charge is 0.457 e. The van der Waals surface area contributed by atoms with Crippen LogP contribution in [0.25, 0.3) is 0 Å². The predicted molar refractivity (Wildman–Crippen MR) is 99.6 cm³/mol. The van der Waals surface area contributed by atoms with Crippen LogP contribution >= 0.6 is 23.6 Å². The molecule has 1 N–H and O–H groups in total. The Morgan fingerprint density at radius 1 is 1.42 bits per heavy atom. The van der Waals surface area contributed by atoms with Crippen LogP contribution in [0.15, 0.2) is 42.0 Å². The Bertz CT molecular complexity index is 703. The molecule has 0 spiro atoms. The first-order valence-electron chi connectivity index (χ1n) is 8.05. The molecule has 126 valence electrons. The van der Waals surface area contributed by atoms with Gasteiger partial charge in [-0.2, -0.15) is 0 Å². The van der Waals surface area contributed by atoms with E-state index in [4.69, 9.17) is 17.0 Å². The maximum Gasteiger partial charge on any atom is 0.348 e. The summed E-state index contributed by atoms with van der Waals surface area (Å²) in [5, 5.41) is 5.01. The van der Waals surface area contributed by atoms with Gasteiger partial charge in [-0.15, -0.1) is 11.3 Å². The number of rotatable bonds is 4. The van der Waals surface area contributed by atoms with E-state index in [9.17, 15) is 4.79 Å². The molecule has 0 aliphatic heterocycles. The Morgan fingerprint density at radius 2 is 2.29 bits per heavy atom. The van der Waals surface area contributed by atoms with Crippen LogP contribution in [0.1, 0.15) is 40.9 Å². The zero-order valence-electron chi connectivity index (χ0n) is 13.5. The summed E-state index contributed by atoms with van der Waals surface area (Å²) in [4.78, 5) is 18.1. The van der Waals surface area contributed by atoms with Gasteiger partial charge in [0.2, 0.25) is 0 Å². The fraction of sp³-hybridized carbons (Fsp3) is 0.389. The highest BCUT2D eigenvalue weighted by Gasteiger charge is 2.48. The van der Waals surface area contributed by atoms with Crippen LogP contribution in [-0.4, -0.2) is 29.1 Å². The third-order valence-corrected chi connectivity index (χ3v) is 6.04. The number of likely N-dealkylation sites (N-methyl/N-ethyl adjacent to an activating group) is 1. The van der Waals surface area contributed by atoms with Crippen molar-refractivity contribution >= 4 is 34.5 Å². The van der Waals surface area contributed by atoms with E-state index in [2.05, 4.69) is 10.3 Å². The number of aromatic nitrogens is 1. The molecule has 1 aliphatic rings. The Balaban J connectivity index is 1.97. The van der Waals surface area contributed by atoms with Gasteiger partial charge in [-0.05, 0) is 42.3 Å². The number of thiophene rings is 1. The lowest BCUT2D eigenvalue weighted by molar-refractivity contribution is 0.00482. The molecule has 0 bridgehead atoms. The van der Waals surface area contributed by atoms with Crippen molar-refractivity contribution in [3.05, 3.63) is 52.5 Å². The minimum Gasteiger partial charge on any atom is -0.457 e. The second-order valence-electron chi connectivity index (χ2n) is 5.91. The molecule has 24 heavy (non-hydrogen) atoms. The lowest BCUT2D eigenvalue weighted by Crippen LogP contribution is -2.53. The van der Waals surface area contributed by atoms with E-state index in [1.807, 2.05) is 36.8 Å². The van der Waals surface area contributed by atoms with Crippen molar-refractivity contribution in [1.29, 1.82) is 0 Å². The van der Waals surface area contributed by atoms with Crippen molar-refractivity contribution < 1.29 is 9.53 Å². The highest BCUT2D eigenvalue weighted by Crippen LogP contribution is 2.42. The first-order chi connectivity index (χ1) is 11.7. The second-order valence-corrected chi connectivity index (χ2v) is 7.27. The van der Waals surface area contributed by atoms with Gasteiger partial charge < -0.3 is 10.1 Å². The van der Waals surface area contributed by atoms with Crippen molar-refractivity contribution in [1.82, 2.24) is 10.3 Å². The van der Waals surface area contributed by atoms with E-state index < -0.39 is 5.41 Å². The number of nitrogens with zero attached hydrogens (tertiary/aromatic N) is 1. The third-order valence-electron chi connectivity index (χ3n) is 4.62. The standard InChI is InChI=1S/C18H20N2O2S2/c1-19-17(23)18(13-6-4-10-20-12-13)9-3-2-8-15(18)22-16(21)14-7-5-11-24-14/h4-7,10-12,15H,2-3,8-9H2,1H3,(H,19,23)/t15-,18+/m1/s1. The number of ether oxygens (including phenoxy) is 1. The zero-order chi connectivity index (χ0) is 17.0. The minimum absolute atomic E-state index is 0.274. The van der Waals surface area contributed by atoms with Crippen molar-refractivity contribution in [3.8, 4) is 0 Å². The zero-order valence-corrected chi connectivity index (χ0v) is 15.2. The Morgan fingerprint density at radius 3 is 2.96 bits per heavy atom. The van der Waals surface area contributed by atoms with E-state index in [0.717, 1.165) is 31.2 Å². The van der Waals surface area contributed by atoms with Crippen molar-refractivity contribution in [2.75, 3.05) is 7.05 Å². The van der Waals surface area contributed by atoms with Crippen molar-refractivity contribution in [3.63, 3.8) is 0 Å². The van der Waals surface area contributed by atoms with Crippen LogP contribution in [0.3, 0.4) is 0 Å². The highest BCUT2D eigenvalue weighted by molar-refractivity contribution is 7.80. The first kappa shape index (κ1) is 17.0. The number of esters is 1. The van der Waals surface area contributed by atoms with Gasteiger partial charge in [-0.25, -0.2) is 4.79 Å². The molecule has 2 aromatic heterocycles. The monoisotopic (exact) mass is 360 g/mol. The second kappa shape index (κ2) is 7.40. The summed E-state index contributed by atoms with van der Waals surface area (Å²) < 4.78 is 5.95. The lowest BCUT2D eigenvalue weighted by Gasteiger charge is -2.43. The maximum absolute atomic E-state index is 12.5. The summed E-state index contributed by atoms with van der Waals surface area (Å²) in [5.74, 6) is -0.274. The summed E-state index contributed by atoms with van der Waals surface area (Å²) in [5.41, 5.74) is 0.497. The van der Waals surface area contributed by atoms with E-state index in [-0.39, 0.29) is 12.1 Å². The van der Waals surface area contributed by atoms with Gasteiger partial charge in [0, 0.05) is 19.4 Å². The quantitative estimate of drug-likeness (QED) is 0.665.